The lowest BCUT2D eigenvalue weighted by Gasteiger charge is -2.18. The fourth-order valence-corrected chi connectivity index (χ4v) is 3.09. The van der Waals surface area contributed by atoms with Gasteiger partial charge >= 0.3 is 0 Å². The van der Waals surface area contributed by atoms with E-state index in [0.29, 0.717) is 12.4 Å². The van der Waals surface area contributed by atoms with E-state index in [9.17, 15) is 4.79 Å². The van der Waals surface area contributed by atoms with Crippen molar-refractivity contribution >= 4 is 17.5 Å². The molecule has 1 heterocycles. The summed E-state index contributed by atoms with van der Waals surface area (Å²) >= 11 is 1.42. The van der Waals surface area contributed by atoms with Crippen molar-refractivity contribution in [2.45, 2.75) is 44.3 Å². The van der Waals surface area contributed by atoms with Crippen LogP contribution >= 0.6 is 11.8 Å². The molecule has 0 fully saturated rings. The quantitative estimate of drug-likeness (QED) is 0.415. The Hall–Kier alpha value is -1.66. The Morgan fingerprint density at radius 2 is 1.96 bits per heavy atom. The van der Waals surface area contributed by atoms with E-state index in [1.54, 1.807) is 13.4 Å². The van der Waals surface area contributed by atoms with E-state index in [2.05, 4.69) is 31.0 Å². The van der Waals surface area contributed by atoms with Gasteiger partial charge < -0.3 is 9.30 Å². The second-order valence-electron chi connectivity index (χ2n) is 6.69. The Morgan fingerprint density at radius 3 is 2.58 bits per heavy atom. The maximum Gasteiger partial charge on any atom is 0.191 e. The zero-order valence-electron chi connectivity index (χ0n) is 14.8. The molecule has 0 N–H and O–H groups in total. The van der Waals surface area contributed by atoms with Crippen LogP contribution < -0.4 is 0 Å². The Bertz CT molecular complexity index is 660. The molecular formula is C18H25N3O2S. The first-order valence-electron chi connectivity index (χ1n) is 8.05. The van der Waals surface area contributed by atoms with E-state index in [0.717, 1.165) is 23.7 Å². The van der Waals surface area contributed by atoms with Crippen molar-refractivity contribution in [1.82, 2.24) is 14.8 Å². The average molecular weight is 347 g/mol. The lowest BCUT2D eigenvalue weighted by molar-refractivity contribution is 0.102. The highest BCUT2D eigenvalue weighted by molar-refractivity contribution is 7.99. The number of hydrogen-bond donors (Lipinski definition) is 0. The molecule has 1 aromatic carbocycles. The van der Waals surface area contributed by atoms with Gasteiger partial charge in [0.1, 0.15) is 6.33 Å². The molecule has 0 aliphatic heterocycles. The molecule has 0 aliphatic carbocycles. The first kappa shape index (κ1) is 18.7. The number of thioether (sulfide) groups is 1. The van der Waals surface area contributed by atoms with Gasteiger partial charge in [-0.15, -0.1) is 10.2 Å². The third kappa shape index (κ3) is 5.18. The number of hydrogen-bond acceptors (Lipinski definition) is 5. The number of Topliss-reactive ketones (excluding diaryl/α,β-unsaturated/α-hetero) is 1. The van der Waals surface area contributed by atoms with E-state index in [4.69, 9.17) is 4.74 Å². The van der Waals surface area contributed by atoms with Crippen molar-refractivity contribution < 1.29 is 9.53 Å². The van der Waals surface area contributed by atoms with Gasteiger partial charge in [0.25, 0.3) is 0 Å². The van der Waals surface area contributed by atoms with Crippen LogP contribution in [0.5, 0.6) is 0 Å². The summed E-state index contributed by atoms with van der Waals surface area (Å²) in [6, 6.07) is 7.88. The van der Waals surface area contributed by atoms with Crippen molar-refractivity contribution in [1.29, 1.82) is 0 Å². The van der Waals surface area contributed by atoms with Crippen molar-refractivity contribution in [2.24, 2.45) is 0 Å². The minimum absolute atomic E-state index is 0.0922. The molecule has 0 unspecified atom stereocenters. The molecular weight excluding hydrogens is 322 g/mol. The number of ketones is 1. The highest BCUT2D eigenvalue weighted by Gasteiger charge is 2.15. The highest BCUT2D eigenvalue weighted by Crippen LogP contribution is 2.23. The number of carbonyl (C=O) groups excluding carboxylic acids is 1. The molecule has 0 radical (unpaired) electrons. The summed E-state index contributed by atoms with van der Waals surface area (Å²) in [5.41, 5.74) is 2.06. The molecule has 6 heteroatoms. The van der Waals surface area contributed by atoms with Gasteiger partial charge in [0.2, 0.25) is 0 Å². The van der Waals surface area contributed by atoms with Gasteiger partial charge in [0.15, 0.2) is 10.9 Å². The lowest BCUT2D eigenvalue weighted by atomic mass is 9.86. The summed E-state index contributed by atoms with van der Waals surface area (Å²) < 4.78 is 7.01. The fraction of sp³-hybridized carbons (Fsp3) is 0.500. The first-order valence-corrected chi connectivity index (χ1v) is 9.03. The molecule has 24 heavy (non-hydrogen) atoms. The van der Waals surface area contributed by atoms with Gasteiger partial charge in [-0.2, -0.15) is 0 Å². The SMILES string of the molecule is COCCCn1cnnc1SCC(=O)c1ccc(C(C)(C)C)cc1. The number of methoxy groups -OCH3 is 1. The molecule has 1 aromatic heterocycles. The van der Waals surface area contributed by atoms with Crippen molar-refractivity contribution in [3.8, 4) is 0 Å². The summed E-state index contributed by atoms with van der Waals surface area (Å²) in [5.74, 6) is 0.463. The summed E-state index contributed by atoms with van der Waals surface area (Å²) in [5, 5.41) is 8.79. The fourth-order valence-electron chi connectivity index (χ4n) is 2.26. The monoisotopic (exact) mass is 347 g/mol. The van der Waals surface area contributed by atoms with Crippen LogP contribution in [0.3, 0.4) is 0 Å². The molecule has 0 aliphatic rings. The second-order valence-corrected chi connectivity index (χ2v) is 7.63. The van der Waals surface area contributed by atoms with Gasteiger partial charge in [0.05, 0.1) is 5.75 Å². The number of aryl methyl sites for hydroxylation is 1. The Balaban J connectivity index is 1.93. The topological polar surface area (TPSA) is 57.0 Å². The standard InChI is InChI=1S/C18H25N3O2S/c1-18(2,3)15-8-6-14(7-9-15)16(22)12-24-17-20-19-13-21(17)10-5-11-23-4/h6-9,13H,5,10-12H2,1-4H3. The van der Waals surface area contributed by atoms with Gasteiger partial charge in [-0.25, -0.2) is 0 Å². The van der Waals surface area contributed by atoms with E-state index >= 15 is 0 Å². The van der Waals surface area contributed by atoms with Crippen LogP contribution in [-0.2, 0) is 16.7 Å². The normalized spacial score (nSPS) is 11.7. The summed E-state index contributed by atoms with van der Waals surface area (Å²) in [7, 11) is 1.69. The van der Waals surface area contributed by atoms with Gasteiger partial charge in [-0.3, -0.25) is 4.79 Å². The van der Waals surface area contributed by atoms with Crippen molar-refractivity contribution in [2.75, 3.05) is 19.5 Å². The van der Waals surface area contributed by atoms with E-state index < -0.39 is 0 Å². The van der Waals surface area contributed by atoms with E-state index in [-0.39, 0.29) is 11.2 Å². The third-order valence-corrected chi connectivity index (χ3v) is 4.71. The molecule has 0 saturated heterocycles. The minimum atomic E-state index is 0.0922. The molecule has 0 atom stereocenters. The zero-order valence-corrected chi connectivity index (χ0v) is 15.6. The number of rotatable bonds is 8. The molecule has 0 bridgehead atoms. The van der Waals surface area contributed by atoms with Crippen LogP contribution in [0.4, 0.5) is 0 Å². The number of aromatic nitrogens is 3. The van der Waals surface area contributed by atoms with Crippen LogP contribution in [0.15, 0.2) is 35.7 Å². The van der Waals surface area contributed by atoms with Crippen LogP contribution in [0, 0.1) is 0 Å². The number of carbonyl (C=O) groups is 1. The predicted molar refractivity (Wildman–Crippen MR) is 96.7 cm³/mol. The minimum Gasteiger partial charge on any atom is -0.385 e. The molecule has 130 valence electrons. The van der Waals surface area contributed by atoms with Crippen LogP contribution in [0.1, 0.15) is 43.1 Å². The first-order chi connectivity index (χ1) is 11.4. The lowest BCUT2D eigenvalue weighted by Crippen LogP contribution is -2.11. The molecule has 0 amide bonds. The Morgan fingerprint density at radius 1 is 1.25 bits per heavy atom. The van der Waals surface area contributed by atoms with Crippen molar-refractivity contribution in [3.63, 3.8) is 0 Å². The Kier molecular flexibility index (Phi) is 6.57. The Labute approximate surface area is 147 Å². The number of nitrogens with zero attached hydrogens (tertiary/aromatic N) is 3. The zero-order chi connectivity index (χ0) is 17.6. The highest BCUT2D eigenvalue weighted by atomic mass is 32.2. The van der Waals surface area contributed by atoms with Gasteiger partial charge in [-0.1, -0.05) is 56.8 Å². The van der Waals surface area contributed by atoms with E-state index in [1.165, 1.54) is 17.3 Å². The largest absolute Gasteiger partial charge is 0.385 e. The molecule has 2 rings (SSSR count). The molecule has 0 spiro atoms. The molecule has 2 aromatic rings. The van der Waals surface area contributed by atoms with Crippen LogP contribution in [-0.4, -0.2) is 40.0 Å². The van der Waals surface area contributed by atoms with Crippen LogP contribution in [0.2, 0.25) is 0 Å². The number of benzene rings is 1. The average Bonchev–Trinajstić information content (AvgIpc) is 2.99. The van der Waals surface area contributed by atoms with Gasteiger partial charge in [-0.05, 0) is 17.4 Å². The second kappa shape index (κ2) is 8.44. The smallest absolute Gasteiger partial charge is 0.191 e. The number of ether oxygens (including phenoxy) is 1. The van der Waals surface area contributed by atoms with E-state index in [1.807, 2.05) is 28.8 Å². The maximum atomic E-state index is 12.4. The summed E-state index contributed by atoms with van der Waals surface area (Å²) in [6.07, 6.45) is 2.59. The van der Waals surface area contributed by atoms with Crippen molar-refractivity contribution in [3.05, 3.63) is 41.7 Å². The summed E-state index contributed by atoms with van der Waals surface area (Å²) in [4.78, 5) is 12.4. The predicted octanol–water partition coefficient (Wildman–Crippen LogP) is 3.59. The third-order valence-electron chi connectivity index (χ3n) is 3.73. The molecule has 0 saturated carbocycles. The summed E-state index contributed by atoms with van der Waals surface area (Å²) in [6.45, 7) is 7.97. The van der Waals surface area contributed by atoms with Gasteiger partial charge in [0, 0.05) is 25.8 Å². The maximum absolute atomic E-state index is 12.4. The van der Waals surface area contributed by atoms with Crippen LogP contribution in [0.25, 0.3) is 0 Å². The molecule has 5 nitrogen and oxygen atoms in total.